The van der Waals surface area contributed by atoms with Crippen LogP contribution in [0.4, 0.5) is 10.5 Å². The summed E-state index contributed by atoms with van der Waals surface area (Å²) in [5.41, 5.74) is 0.530. The van der Waals surface area contributed by atoms with Crippen LogP contribution in [0.15, 0.2) is 52.0 Å². The molecule has 6 nitrogen and oxygen atoms in total. The topological polar surface area (TPSA) is 79.6 Å². The van der Waals surface area contributed by atoms with E-state index in [1.54, 1.807) is 36.4 Å². The second kappa shape index (κ2) is 6.94. The highest BCUT2D eigenvalue weighted by Crippen LogP contribution is 2.32. The van der Waals surface area contributed by atoms with Crippen LogP contribution in [-0.2, 0) is 9.59 Å². The van der Waals surface area contributed by atoms with Crippen molar-refractivity contribution in [2.75, 3.05) is 11.9 Å². The summed E-state index contributed by atoms with van der Waals surface area (Å²) < 4.78 is 5.12. The molecule has 1 aliphatic heterocycles. The molecular formula is C16H11ClN2O4S. The highest BCUT2D eigenvalue weighted by Gasteiger charge is 2.36. The van der Waals surface area contributed by atoms with E-state index in [1.807, 2.05) is 0 Å². The molecule has 1 aliphatic rings. The number of benzene rings is 1. The second-order valence-corrected chi connectivity index (χ2v) is 6.27. The number of amides is 3. The monoisotopic (exact) mass is 362 g/mol. The second-order valence-electron chi connectivity index (χ2n) is 4.84. The number of nitrogens with zero attached hydrogens (tertiary/aromatic N) is 1. The molecule has 1 saturated heterocycles. The molecule has 0 spiro atoms. The Morgan fingerprint density at radius 3 is 2.67 bits per heavy atom. The van der Waals surface area contributed by atoms with Gasteiger partial charge in [-0.05, 0) is 48.2 Å². The van der Waals surface area contributed by atoms with Gasteiger partial charge in [0.25, 0.3) is 11.1 Å². The van der Waals surface area contributed by atoms with Crippen molar-refractivity contribution in [3.05, 3.63) is 58.3 Å². The zero-order valence-electron chi connectivity index (χ0n) is 12.2. The normalized spacial score (nSPS) is 16.0. The average molecular weight is 363 g/mol. The van der Waals surface area contributed by atoms with Crippen LogP contribution in [0.3, 0.4) is 0 Å². The Morgan fingerprint density at radius 2 is 2.00 bits per heavy atom. The molecule has 1 N–H and O–H groups in total. The molecule has 0 saturated carbocycles. The molecule has 0 radical (unpaired) electrons. The highest BCUT2D eigenvalue weighted by atomic mass is 35.5. The first kappa shape index (κ1) is 16.4. The van der Waals surface area contributed by atoms with Crippen molar-refractivity contribution >= 4 is 52.2 Å². The van der Waals surface area contributed by atoms with Crippen LogP contribution in [-0.4, -0.2) is 28.5 Å². The maximum absolute atomic E-state index is 12.3. The van der Waals surface area contributed by atoms with Gasteiger partial charge >= 0.3 is 0 Å². The third-order valence-corrected chi connectivity index (χ3v) is 4.28. The maximum atomic E-state index is 12.3. The number of nitrogens with one attached hydrogen (secondary N) is 1. The summed E-state index contributed by atoms with van der Waals surface area (Å²) >= 11 is 6.54. The van der Waals surface area contributed by atoms with Crippen LogP contribution in [0.25, 0.3) is 6.08 Å². The van der Waals surface area contributed by atoms with E-state index in [2.05, 4.69) is 5.32 Å². The Kier molecular flexibility index (Phi) is 4.73. The number of thioether (sulfide) groups is 1. The van der Waals surface area contributed by atoms with Gasteiger partial charge in [-0.2, -0.15) is 0 Å². The van der Waals surface area contributed by atoms with E-state index in [4.69, 9.17) is 16.0 Å². The molecular weight excluding hydrogens is 352 g/mol. The molecule has 1 aromatic carbocycles. The zero-order valence-corrected chi connectivity index (χ0v) is 13.8. The van der Waals surface area contributed by atoms with Crippen molar-refractivity contribution in [2.45, 2.75) is 0 Å². The zero-order chi connectivity index (χ0) is 17.1. The van der Waals surface area contributed by atoms with Crippen LogP contribution in [0, 0.1) is 0 Å². The first-order valence-electron chi connectivity index (χ1n) is 6.87. The predicted molar refractivity (Wildman–Crippen MR) is 91.5 cm³/mol. The van der Waals surface area contributed by atoms with Crippen molar-refractivity contribution < 1.29 is 18.8 Å². The molecule has 1 aromatic heterocycles. The van der Waals surface area contributed by atoms with Gasteiger partial charge in [0.05, 0.1) is 11.2 Å². The van der Waals surface area contributed by atoms with E-state index in [0.717, 1.165) is 16.7 Å². The van der Waals surface area contributed by atoms with E-state index in [-0.39, 0.29) is 11.4 Å². The number of carbonyl (C=O) groups excluding carboxylic acids is 3. The van der Waals surface area contributed by atoms with Crippen molar-refractivity contribution in [1.82, 2.24) is 4.90 Å². The first-order chi connectivity index (χ1) is 11.5. The number of carbonyl (C=O) groups is 3. The lowest BCUT2D eigenvalue weighted by molar-refractivity contribution is -0.127. The lowest BCUT2D eigenvalue weighted by Crippen LogP contribution is -2.36. The Hall–Kier alpha value is -2.51. The summed E-state index contributed by atoms with van der Waals surface area (Å²) in [4.78, 5) is 37.3. The number of rotatable bonds is 4. The van der Waals surface area contributed by atoms with Crippen LogP contribution in [0.2, 0.25) is 5.02 Å². The number of anilines is 1. The third-order valence-electron chi connectivity index (χ3n) is 3.12. The van der Waals surface area contributed by atoms with E-state index in [0.29, 0.717) is 16.5 Å². The Labute approximate surface area is 146 Å². The molecule has 1 fully saturated rings. The number of halogens is 1. The summed E-state index contributed by atoms with van der Waals surface area (Å²) in [5, 5.41) is 2.65. The molecule has 122 valence electrons. The van der Waals surface area contributed by atoms with Gasteiger partial charge in [0.1, 0.15) is 12.3 Å². The third kappa shape index (κ3) is 3.69. The van der Waals surface area contributed by atoms with Crippen LogP contribution >= 0.6 is 23.4 Å². The molecule has 24 heavy (non-hydrogen) atoms. The van der Waals surface area contributed by atoms with Gasteiger partial charge in [-0.3, -0.25) is 19.3 Å². The van der Waals surface area contributed by atoms with Gasteiger partial charge in [0, 0.05) is 16.8 Å². The number of hydrogen-bond acceptors (Lipinski definition) is 5. The summed E-state index contributed by atoms with van der Waals surface area (Å²) in [7, 11) is 0. The van der Waals surface area contributed by atoms with Gasteiger partial charge in [0.15, 0.2) is 0 Å². The van der Waals surface area contributed by atoms with Crippen LogP contribution < -0.4 is 5.32 Å². The lowest BCUT2D eigenvalue weighted by Gasteiger charge is -2.12. The minimum Gasteiger partial charge on any atom is -0.465 e. The molecule has 0 aliphatic carbocycles. The minimum absolute atomic E-state index is 0.217. The fourth-order valence-corrected chi connectivity index (χ4v) is 2.96. The van der Waals surface area contributed by atoms with Gasteiger partial charge in [0.2, 0.25) is 5.91 Å². The molecule has 8 heteroatoms. The molecule has 2 aromatic rings. The largest absolute Gasteiger partial charge is 0.465 e. The molecule has 0 atom stereocenters. The Balaban J connectivity index is 1.66. The smallest absolute Gasteiger partial charge is 0.294 e. The fraction of sp³-hybridized carbons (Fsp3) is 0.0625. The van der Waals surface area contributed by atoms with Crippen molar-refractivity contribution in [3.8, 4) is 0 Å². The van der Waals surface area contributed by atoms with E-state index < -0.39 is 17.1 Å². The van der Waals surface area contributed by atoms with Crippen LogP contribution in [0.1, 0.15) is 5.76 Å². The maximum Gasteiger partial charge on any atom is 0.294 e. The Morgan fingerprint density at radius 1 is 1.25 bits per heavy atom. The van der Waals surface area contributed by atoms with Gasteiger partial charge in [-0.15, -0.1) is 0 Å². The summed E-state index contributed by atoms with van der Waals surface area (Å²) in [6, 6.07) is 9.86. The van der Waals surface area contributed by atoms with Gasteiger partial charge < -0.3 is 9.73 Å². The van der Waals surface area contributed by atoms with E-state index in [1.165, 1.54) is 12.3 Å². The molecule has 3 amide bonds. The van der Waals surface area contributed by atoms with Crippen molar-refractivity contribution in [3.63, 3.8) is 0 Å². The van der Waals surface area contributed by atoms with Crippen molar-refractivity contribution in [2.24, 2.45) is 0 Å². The molecule has 0 bridgehead atoms. The highest BCUT2D eigenvalue weighted by molar-refractivity contribution is 8.18. The standard InChI is InChI=1S/C16H11ClN2O4S/c17-10-3-5-11(6-4-10)18-14(20)9-19-15(21)13(24-16(19)22)8-12-2-1-7-23-12/h1-8H,9H2,(H,18,20)/b13-8-. The Bertz CT molecular complexity index is 815. The van der Waals surface area contributed by atoms with Gasteiger partial charge in [-0.25, -0.2) is 0 Å². The number of imide groups is 1. The average Bonchev–Trinajstić information content (AvgIpc) is 3.14. The molecule has 2 heterocycles. The quantitative estimate of drug-likeness (QED) is 0.840. The number of hydrogen-bond donors (Lipinski definition) is 1. The predicted octanol–water partition coefficient (Wildman–Crippen LogP) is 3.61. The van der Waals surface area contributed by atoms with E-state index in [9.17, 15) is 14.4 Å². The molecule has 3 rings (SSSR count). The molecule has 0 unspecified atom stereocenters. The lowest BCUT2D eigenvalue weighted by atomic mass is 10.3. The van der Waals surface area contributed by atoms with E-state index >= 15 is 0 Å². The number of furan rings is 1. The van der Waals surface area contributed by atoms with Crippen molar-refractivity contribution in [1.29, 1.82) is 0 Å². The summed E-state index contributed by atoms with van der Waals surface area (Å²) in [6.45, 7) is -0.358. The summed E-state index contributed by atoms with van der Waals surface area (Å²) in [6.07, 6.45) is 2.94. The first-order valence-corrected chi connectivity index (χ1v) is 8.06. The SMILES string of the molecule is O=C(CN1C(=O)S/C(=C\c2ccco2)C1=O)Nc1ccc(Cl)cc1. The van der Waals surface area contributed by atoms with Gasteiger partial charge in [-0.1, -0.05) is 11.6 Å². The van der Waals surface area contributed by atoms with Crippen LogP contribution in [0.5, 0.6) is 0 Å². The summed E-state index contributed by atoms with van der Waals surface area (Å²) in [5.74, 6) is -0.530. The fourth-order valence-electron chi connectivity index (χ4n) is 2.02. The minimum atomic E-state index is -0.521.